The fourth-order valence-electron chi connectivity index (χ4n) is 1.17. The molecule has 0 atom stereocenters. The summed E-state index contributed by atoms with van der Waals surface area (Å²) in [6.07, 6.45) is -3.13. The molecule has 0 unspecified atom stereocenters. The smallest absolute Gasteiger partial charge is 0.417 e. The molecule has 2 rings (SSSR count). The second kappa shape index (κ2) is 3.22. The molecule has 2 aromatic heterocycles. The van der Waals surface area contributed by atoms with Crippen molar-refractivity contribution >= 4 is 11.2 Å². The van der Waals surface area contributed by atoms with Crippen LogP contribution in [-0.4, -0.2) is 9.97 Å². The van der Waals surface area contributed by atoms with Crippen molar-refractivity contribution in [3.63, 3.8) is 0 Å². The van der Waals surface area contributed by atoms with Crippen LogP contribution in [0, 0.1) is 0 Å². The molecule has 80 valence electrons. The number of hydrogen-bond donors (Lipinski definition) is 0. The van der Waals surface area contributed by atoms with Gasteiger partial charge in [-0.15, -0.1) is 0 Å². The summed E-state index contributed by atoms with van der Waals surface area (Å²) < 4.78 is 42.0. The SMILES string of the molecule is CCc1nc2cc(C(F)(F)F)cnc2o1. The molecular formula is C9H7F3N2O. The Morgan fingerprint density at radius 2 is 2.13 bits per heavy atom. The lowest BCUT2D eigenvalue weighted by atomic mass is 10.2. The van der Waals surface area contributed by atoms with Crippen molar-refractivity contribution in [1.29, 1.82) is 0 Å². The van der Waals surface area contributed by atoms with E-state index in [4.69, 9.17) is 4.42 Å². The minimum Gasteiger partial charge on any atom is -0.422 e. The third-order valence-corrected chi connectivity index (χ3v) is 1.92. The number of halogens is 3. The van der Waals surface area contributed by atoms with Gasteiger partial charge in [-0.2, -0.15) is 13.2 Å². The van der Waals surface area contributed by atoms with Gasteiger partial charge in [-0.05, 0) is 6.07 Å². The molecule has 0 aromatic carbocycles. The maximum atomic E-state index is 12.3. The zero-order chi connectivity index (χ0) is 11.1. The van der Waals surface area contributed by atoms with E-state index in [1.807, 2.05) is 0 Å². The van der Waals surface area contributed by atoms with Crippen LogP contribution in [0.4, 0.5) is 13.2 Å². The van der Waals surface area contributed by atoms with Crippen LogP contribution in [0.15, 0.2) is 16.7 Å². The average molecular weight is 216 g/mol. The van der Waals surface area contributed by atoms with E-state index in [0.717, 1.165) is 12.3 Å². The molecule has 0 saturated carbocycles. The number of aromatic nitrogens is 2. The predicted molar refractivity (Wildman–Crippen MR) is 46.2 cm³/mol. The maximum absolute atomic E-state index is 12.3. The Kier molecular flexibility index (Phi) is 2.13. The Balaban J connectivity index is 2.55. The zero-order valence-electron chi connectivity index (χ0n) is 7.80. The number of hydrogen-bond acceptors (Lipinski definition) is 3. The number of rotatable bonds is 1. The minimum absolute atomic E-state index is 0.139. The standard InChI is InChI=1S/C9H7F3N2O/c1-2-7-14-6-3-5(9(10,11)12)4-13-8(6)15-7/h3-4H,2H2,1H3. The van der Waals surface area contributed by atoms with Gasteiger partial charge in [-0.25, -0.2) is 9.97 Å². The van der Waals surface area contributed by atoms with Gasteiger partial charge in [0.05, 0.1) is 5.56 Å². The highest BCUT2D eigenvalue weighted by molar-refractivity contribution is 5.68. The van der Waals surface area contributed by atoms with E-state index in [1.165, 1.54) is 0 Å². The molecule has 0 amide bonds. The molecule has 2 heterocycles. The molecule has 15 heavy (non-hydrogen) atoms. The van der Waals surface area contributed by atoms with Crippen LogP contribution < -0.4 is 0 Å². The second-order valence-electron chi connectivity index (χ2n) is 3.01. The maximum Gasteiger partial charge on any atom is 0.417 e. The third-order valence-electron chi connectivity index (χ3n) is 1.92. The van der Waals surface area contributed by atoms with E-state index in [2.05, 4.69) is 9.97 Å². The molecule has 3 nitrogen and oxygen atoms in total. The van der Waals surface area contributed by atoms with Crippen LogP contribution in [-0.2, 0) is 12.6 Å². The van der Waals surface area contributed by atoms with Crippen LogP contribution >= 0.6 is 0 Å². The van der Waals surface area contributed by atoms with E-state index in [-0.39, 0.29) is 11.2 Å². The fraction of sp³-hybridized carbons (Fsp3) is 0.333. The molecule has 0 saturated heterocycles. The van der Waals surface area contributed by atoms with Gasteiger partial charge in [-0.3, -0.25) is 0 Å². The predicted octanol–water partition coefficient (Wildman–Crippen LogP) is 2.80. The van der Waals surface area contributed by atoms with Gasteiger partial charge in [0, 0.05) is 12.6 Å². The summed E-state index contributed by atoms with van der Waals surface area (Å²) >= 11 is 0. The molecule has 0 aliphatic rings. The van der Waals surface area contributed by atoms with Crippen molar-refractivity contribution in [2.75, 3.05) is 0 Å². The van der Waals surface area contributed by atoms with Crippen LogP contribution in [0.3, 0.4) is 0 Å². The average Bonchev–Trinajstić information content (AvgIpc) is 2.57. The van der Waals surface area contributed by atoms with E-state index in [9.17, 15) is 13.2 Å². The lowest BCUT2D eigenvalue weighted by Crippen LogP contribution is -2.04. The molecule has 0 spiro atoms. The molecule has 6 heteroatoms. The lowest BCUT2D eigenvalue weighted by Gasteiger charge is -2.03. The summed E-state index contributed by atoms with van der Waals surface area (Å²) in [4.78, 5) is 7.44. The van der Waals surface area contributed by atoms with Crippen LogP contribution in [0.1, 0.15) is 18.4 Å². The van der Waals surface area contributed by atoms with Crippen molar-refractivity contribution in [2.45, 2.75) is 19.5 Å². The normalized spacial score (nSPS) is 12.3. The zero-order valence-corrected chi connectivity index (χ0v) is 7.80. The molecule has 0 fully saturated rings. The van der Waals surface area contributed by atoms with Gasteiger partial charge < -0.3 is 4.42 Å². The number of oxazole rings is 1. The number of nitrogens with zero attached hydrogens (tertiary/aromatic N) is 2. The van der Waals surface area contributed by atoms with E-state index in [0.29, 0.717) is 12.3 Å². The van der Waals surface area contributed by atoms with Crippen LogP contribution in [0.5, 0.6) is 0 Å². The van der Waals surface area contributed by atoms with Crippen molar-refractivity contribution < 1.29 is 17.6 Å². The summed E-state index contributed by atoms with van der Waals surface area (Å²) in [5, 5.41) is 0. The topological polar surface area (TPSA) is 38.9 Å². The number of fused-ring (bicyclic) bond motifs is 1. The largest absolute Gasteiger partial charge is 0.422 e. The minimum atomic E-state index is -4.40. The summed E-state index contributed by atoms with van der Waals surface area (Å²) in [5.41, 5.74) is -0.535. The molecular weight excluding hydrogens is 209 g/mol. The van der Waals surface area contributed by atoms with Crippen molar-refractivity contribution in [2.24, 2.45) is 0 Å². The van der Waals surface area contributed by atoms with E-state index in [1.54, 1.807) is 6.92 Å². The Bertz CT molecular complexity index is 490. The first-order chi connectivity index (χ1) is 7.00. The summed E-state index contributed by atoms with van der Waals surface area (Å²) in [6, 6.07) is 0.936. The molecule has 0 aliphatic carbocycles. The summed E-state index contributed by atoms with van der Waals surface area (Å²) in [7, 11) is 0. The number of alkyl halides is 3. The van der Waals surface area contributed by atoms with Gasteiger partial charge in [0.15, 0.2) is 5.89 Å². The van der Waals surface area contributed by atoms with Gasteiger partial charge >= 0.3 is 6.18 Å². The highest BCUT2D eigenvalue weighted by atomic mass is 19.4. The van der Waals surface area contributed by atoms with E-state index < -0.39 is 11.7 Å². The molecule has 0 bridgehead atoms. The molecule has 0 aliphatic heterocycles. The lowest BCUT2D eigenvalue weighted by molar-refractivity contribution is -0.137. The first-order valence-corrected chi connectivity index (χ1v) is 4.33. The Hall–Kier alpha value is -1.59. The quantitative estimate of drug-likeness (QED) is 0.735. The first-order valence-electron chi connectivity index (χ1n) is 4.33. The number of pyridine rings is 1. The van der Waals surface area contributed by atoms with E-state index >= 15 is 0 Å². The first kappa shape index (κ1) is 9.95. The number of aryl methyl sites for hydroxylation is 1. The molecule has 2 aromatic rings. The second-order valence-corrected chi connectivity index (χ2v) is 3.01. The van der Waals surface area contributed by atoms with Gasteiger partial charge in [-0.1, -0.05) is 6.92 Å². The van der Waals surface area contributed by atoms with Crippen molar-refractivity contribution in [3.8, 4) is 0 Å². The highest BCUT2D eigenvalue weighted by Crippen LogP contribution is 2.30. The highest BCUT2D eigenvalue weighted by Gasteiger charge is 2.31. The Morgan fingerprint density at radius 1 is 1.40 bits per heavy atom. The van der Waals surface area contributed by atoms with Gasteiger partial charge in [0.25, 0.3) is 0 Å². The third kappa shape index (κ3) is 1.79. The monoisotopic (exact) mass is 216 g/mol. The van der Waals surface area contributed by atoms with Crippen LogP contribution in [0.2, 0.25) is 0 Å². The van der Waals surface area contributed by atoms with Crippen LogP contribution in [0.25, 0.3) is 11.2 Å². The van der Waals surface area contributed by atoms with Crippen molar-refractivity contribution in [1.82, 2.24) is 9.97 Å². The fourth-order valence-corrected chi connectivity index (χ4v) is 1.17. The van der Waals surface area contributed by atoms with Crippen molar-refractivity contribution in [3.05, 3.63) is 23.7 Å². The van der Waals surface area contributed by atoms with Gasteiger partial charge in [0.1, 0.15) is 5.52 Å². The Morgan fingerprint density at radius 3 is 2.73 bits per heavy atom. The van der Waals surface area contributed by atoms with Gasteiger partial charge in [0.2, 0.25) is 5.71 Å². The molecule has 0 radical (unpaired) electrons. The Labute approximate surface area is 82.9 Å². The summed E-state index contributed by atoms with van der Waals surface area (Å²) in [5.74, 6) is 0.386. The summed E-state index contributed by atoms with van der Waals surface area (Å²) in [6.45, 7) is 1.80. The molecule has 0 N–H and O–H groups in total.